The predicted molar refractivity (Wildman–Crippen MR) is 118 cm³/mol. The number of carboxylic acids is 1. The van der Waals surface area contributed by atoms with E-state index in [1.165, 1.54) is 23.5 Å². The predicted octanol–water partition coefficient (Wildman–Crippen LogP) is -2.77. The van der Waals surface area contributed by atoms with Crippen LogP contribution in [0, 0.1) is 0 Å². The normalized spacial score (nSPS) is 14.6. The van der Waals surface area contributed by atoms with Crippen LogP contribution in [0.15, 0.2) is 0 Å². The molecule has 178 valence electrons. The lowest BCUT2D eigenvalue weighted by atomic mass is 10.1. The van der Waals surface area contributed by atoms with Crippen LogP contribution in [0.25, 0.3) is 0 Å². The quantitative estimate of drug-likeness (QED) is 0.120. The van der Waals surface area contributed by atoms with Gasteiger partial charge in [-0.1, -0.05) is 0 Å². The van der Waals surface area contributed by atoms with Gasteiger partial charge in [-0.3, -0.25) is 19.2 Å². The molecule has 0 aliphatic carbocycles. The molecule has 0 bridgehead atoms. The highest BCUT2D eigenvalue weighted by Gasteiger charge is 2.30. The molecule has 0 rings (SSSR count). The second-order valence-corrected chi connectivity index (χ2v) is 8.52. The van der Waals surface area contributed by atoms with Gasteiger partial charge in [0.2, 0.25) is 23.6 Å². The fourth-order valence-corrected chi connectivity index (χ4v) is 3.26. The maximum atomic E-state index is 12.5. The number of aliphatic carboxylic acids is 1. The number of hydrogen-bond donors (Lipinski definition) is 7. The minimum absolute atomic E-state index is 0.128. The maximum absolute atomic E-state index is 12.5. The van der Waals surface area contributed by atoms with Crippen LogP contribution in [-0.2, 0) is 24.0 Å². The summed E-state index contributed by atoms with van der Waals surface area (Å²) < 4.78 is 0. The minimum atomic E-state index is -1.49. The lowest BCUT2D eigenvalue weighted by Crippen LogP contribution is -2.58. The molecule has 0 aromatic carbocycles. The van der Waals surface area contributed by atoms with Gasteiger partial charge in [-0.15, -0.1) is 0 Å². The van der Waals surface area contributed by atoms with E-state index >= 15 is 0 Å². The minimum Gasteiger partial charge on any atom is -0.480 e. The van der Waals surface area contributed by atoms with Crippen LogP contribution in [0.3, 0.4) is 0 Å². The molecule has 0 heterocycles. The number of nitrogens with two attached hydrogens (primary N) is 2. The highest BCUT2D eigenvalue weighted by Crippen LogP contribution is 2.03. The molecule has 0 saturated carbocycles. The van der Waals surface area contributed by atoms with Crippen molar-refractivity contribution in [2.45, 2.75) is 43.4 Å². The molecule has 14 heteroatoms. The van der Waals surface area contributed by atoms with E-state index in [0.717, 1.165) is 0 Å². The van der Waals surface area contributed by atoms with E-state index in [9.17, 15) is 34.2 Å². The number of aliphatic hydroxyl groups is 1. The summed E-state index contributed by atoms with van der Waals surface area (Å²) >= 11 is 2.87. The Morgan fingerprint density at radius 1 is 0.839 bits per heavy atom. The average molecular weight is 482 g/mol. The highest BCUT2D eigenvalue weighted by atomic mass is 32.2. The number of primary amides is 1. The zero-order chi connectivity index (χ0) is 24.0. The molecule has 12 nitrogen and oxygen atoms in total. The zero-order valence-corrected chi connectivity index (χ0v) is 19.1. The summed E-state index contributed by atoms with van der Waals surface area (Å²) in [5, 5.41) is 25.4. The number of nitrogens with one attached hydrogen (secondary N) is 3. The Bertz CT molecular complexity index is 638. The first kappa shape index (κ1) is 29.0. The summed E-state index contributed by atoms with van der Waals surface area (Å²) in [5.41, 5.74) is 10.8. The van der Waals surface area contributed by atoms with Crippen LogP contribution in [0.5, 0.6) is 0 Å². The number of hydrogen-bond acceptors (Lipinski definition) is 9. The van der Waals surface area contributed by atoms with E-state index in [1.807, 2.05) is 6.26 Å². The van der Waals surface area contributed by atoms with Crippen molar-refractivity contribution < 1.29 is 34.2 Å². The van der Waals surface area contributed by atoms with Crippen LogP contribution >= 0.6 is 23.5 Å². The number of aliphatic hydroxyl groups excluding tert-OH is 1. The molecule has 0 aromatic heterocycles. The van der Waals surface area contributed by atoms with Crippen molar-refractivity contribution in [2.24, 2.45) is 11.5 Å². The van der Waals surface area contributed by atoms with Crippen LogP contribution in [-0.4, -0.2) is 94.6 Å². The molecule has 0 aromatic rings. The van der Waals surface area contributed by atoms with Gasteiger partial charge in [0, 0.05) is 0 Å². The summed E-state index contributed by atoms with van der Waals surface area (Å²) in [6, 6.07) is -5.04. The fourth-order valence-electron chi connectivity index (χ4n) is 2.30. The molecule has 9 N–H and O–H groups in total. The molecule has 0 aliphatic rings. The second kappa shape index (κ2) is 15.7. The van der Waals surface area contributed by atoms with Crippen LogP contribution in [0.1, 0.15) is 19.3 Å². The van der Waals surface area contributed by atoms with E-state index in [4.69, 9.17) is 11.5 Å². The molecule has 0 radical (unpaired) electrons. The van der Waals surface area contributed by atoms with Crippen molar-refractivity contribution in [1.82, 2.24) is 16.0 Å². The average Bonchev–Trinajstić information content (AvgIpc) is 2.71. The van der Waals surface area contributed by atoms with Crippen molar-refractivity contribution in [1.29, 1.82) is 0 Å². The highest BCUT2D eigenvalue weighted by molar-refractivity contribution is 7.98. The van der Waals surface area contributed by atoms with Gasteiger partial charge in [-0.25, -0.2) is 4.79 Å². The fraction of sp³-hybridized carbons (Fsp3) is 0.706. The molecule has 31 heavy (non-hydrogen) atoms. The maximum Gasteiger partial charge on any atom is 0.326 e. The van der Waals surface area contributed by atoms with Gasteiger partial charge in [0.1, 0.15) is 18.1 Å². The number of carbonyl (C=O) groups is 5. The van der Waals surface area contributed by atoms with E-state index < -0.39 is 66.8 Å². The molecule has 0 spiro atoms. The lowest BCUT2D eigenvalue weighted by molar-refractivity contribution is -0.142. The molecule has 4 amide bonds. The third-order valence-corrected chi connectivity index (χ3v) is 5.34. The molecule has 4 atom stereocenters. The van der Waals surface area contributed by atoms with Gasteiger partial charge >= 0.3 is 5.97 Å². The first-order valence-electron chi connectivity index (χ1n) is 9.33. The standard InChI is InChI=1S/C17H31N5O7S2/c1-30-5-3-9(18)14(25)22-12(8-23)16(27)21-11(7-13(19)24)15(26)20-10(17(28)29)4-6-31-2/h9-12,23H,3-8,18H2,1-2H3,(H2,19,24)(H,20,26)(H,21,27)(H,22,25)(H,28,29). The van der Waals surface area contributed by atoms with Crippen molar-refractivity contribution in [2.75, 3.05) is 30.6 Å². The first-order valence-corrected chi connectivity index (χ1v) is 12.1. The van der Waals surface area contributed by atoms with Crippen LogP contribution < -0.4 is 27.4 Å². The third kappa shape index (κ3) is 11.8. The van der Waals surface area contributed by atoms with E-state index in [0.29, 0.717) is 17.9 Å². The number of carboxylic acid groups (broad SMARTS) is 1. The SMILES string of the molecule is CSCCC(N)C(=O)NC(CO)C(=O)NC(CC(N)=O)C(=O)NC(CCSC)C(=O)O. The number of thioether (sulfide) groups is 2. The largest absolute Gasteiger partial charge is 0.480 e. The van der Waals surface area contributed by atoms with Gasteiger partial charge in [0.15, 0.2) is 0 Å². The zero-order valence-electron chi connectivity index (χ0n) is 17.5. The molecular weight excluding hydrogens is 450 g/mol. The van der Waals surface area contributed by atoms with E-state index in [1.54, 1.807) is 6.26 Å². The topological polar surface area (TPSA) is 214 Å². The van der Waals surface area contributed by atoms with Crippen molar-refractivity contribution in [3.05, 3.63) is 0 Å². The van der Waals surface area contributed by atoms with E-state index in [-0.39, 0.29) is 6.42 Å². The summed E-state index contributed by atoms with van der Waals surface area (Å²) in [5.74, 6) is -3.66. The first-order chi connectivity index (χ1) is 14.6. The molecule has 0 aliphatic heterocycles. The Morgan fingerprint density at radius 3 is 1.81 bits per heavy atom. The molecule has 4 unspecified atom stereocenters. The smallest absolute Gasteiger partial charge is 0.326 e. The number of amides is 4. The Morgan fingerprint density at radius 2 is 1.32 bits per heavy atom. The Hall–Kier alpha value is -2.03. The molecule has 0 fully saturated rings. The number of carbonyl (C=O) groups excluding carboxylic acids is 4. The Kier molecular flexibility index (Phi) is 14.7. The van der Waals surface area contributed by atoms with Crippen LogP contribution in [0.2, 0.25) is 0 Å². The second-order valence-electron chi connectivity index (χ2n) is 6.54. The van der Waals surface area contributed by atoms with Gasteiger partial charge in [-0.2, -0.15) is 23.5 Å². The molecular formula is C17H31N5O7S2. The summed E-state index contributed by atoms with van der Waals surface area (Å²) in [7, 11) is 0. The third-order valence-electron chi connectivity index (χ3n) is 4.05. The van der Waals surface area contributed by atoms with Crippen molar-refractivity contribution >= 4 is 53.1 Å². The summed E-state index contributed by atoms with van der Waals surface area (Å²) in [6.07, 6.45) is 3.49. The Labute approximate surface area is 189 Å². The number of rotatable bonds is 16. The van der Waals surface area contributed by atoms with Crippen molar-refractivity contribution in [3.8, 4) is 0 Å². The monoisotopic (exact) mass is 481 g/mol. The summed E-state index contributed by atoms with van der Waals surface area (Å²) in [4.78, 5) is 59.7. The van der Waals surface area contributed by atoms with Gasteiger partial charge < -0.3 is 37.6 Å². The van der Waals surface area contributed by atoms with Crippen molar-refractivity contribution in [3.63, 3.8) is 0 Å². The summed E-state index contributed by atoms with van der Waals surface area (Å²) in [6.45, 7) is -0.788. The van der Waals surface area contributed by atoms with Gasteiger partial charge in [-0.05, 0) is 36.9 Å². The van der Waals surface area contributed by atoms with Gasteiger partial charge in [0.05, 0.1) is 19.1 Å². The molecule has 0 saturated heterocycles. The van der Waals surface area contributed by atoms with Crippen LogP contribution in [0.4, 0.5) is 0 Å². The lowest BCUT2D eigenvalue weighted by Gasteiger charge is -2.23. The van der Waals surface area contributed by atoms with Gasteiger partial charge in [0.25, 0.3) is 0 Å². The Balaban J connectivity index is 5.19. The van der Waals surface area contributed by atoms with E-state index in [2.05, 4.69) is 16.0 Å².